The van der Waals surface area contributed by atoms with Gasteiger partial charge in [-0.2, -0.15) is 5.26 Å². The van der Waals surface area contributed by atoms with Gasteiger partial charge in [-0.3, -0.25) is 4.79 Å². The van der Waals surface area contributed by atoms with Crippen LogP contribution in [-0.2, 0) is 4.79 Å². The van der Waals surface area contributed by atoms with Gasteiger partial charge >= 0.3 is 0 Å². The van der Waals surface area contributed by atoms with E-state index in [2.05, 4.69) is 16.0 Å². The van der Waals surface area contributed by atoms with Crippen molar-refractivity contribution in [3.63, 3.8) is 0 Å². The Balaban J connectivity index is 1.53. The minimum absolute atomic E-state index is 0.291. The number of pyridine rings is 1. The number of aryl methyl sites for hydroxylation is 1. The van der Waals surface area contributed by atoms with Crippen LogP contribution in [0.15, 0.2) is 12.1 Å². The first-order chi connectivity index (χ1) is 11.7. The standard InChI is InChI=1S/C19H26N4O/c1-15-6-8-17(14-20)19(21-15)23-12-10-22(11-13-23)18(24)9-7-16-4-2-3-5-16/h6,8,16H,2-5,7,9-13H2,1H3. The van der Waals surface area contributed by atoms with Crippen LogP contribution in [0.5, 0.6) is 0 Å². The second-order valence-electron chi connectivity index (χ2n) is 6.99. The number of nitrogens with zero attached hydrogens (tertiary/aromatic N) is 4. The number of anilines is 1. The first-order valence-electron chi connectivity index (χ1n) is 9.08. The molecule has 1 aromatic heterocycles. The fourth-order valence-electron chi connectivity index (χ4n) is 3.82. The van der Waals surface area contributed by atoms with Gasteiger partial charge in [0.05, 0.1) is 5.56 Å². The SMILES string of the molecule is Cc1ccc(C#N)c(N2CCN(C(=O)CCC3CCCC3)CC2)n1. The molecule has 2 heterocycles. The van der Waals surface area contributed by atoms with E-state index in [0.29, 0.717) is 17.9 Å². The lowest BCUT2D eigenvalue weighted by atomic mass is 10.0. The molecule has 0 spiro atoms. The lowest BCUT2D eigenvalue weighted by molar-refractivity contribution is -0.131. The molecule has 0 atom stereocenters. The lowest BCUT2D eigenvalue weighted by Crippen LogP contribution is -2.49. The summed E-state index contributed by atoms with van der Waals surface area (Å²) in [4.78, 5) is 21.1. The largest absolute Gasteiger partial charge is 0.352 e. The summed E-state index contributed by atoms with van der Waals surface area (Å²) in [7, 11) is 0. The first-order valence-corrected chi connectivity index (χ1v) is 9.08. The molecule has 3 rings (SSSR count). The zero-order valence-corrected chi connectivity index (χ0v) is 14.5. The van der Waals surface area contributed by atoms with Gasteiger partial charge in [-0.25, -0.2) is 4.98 Å². The van der Waals surface area contributed by atoms with Crippen molar-refractivity contribution in [2.45, 2.75) is 45.4 Å². The Morgan fingerprint density at radius 3 is 2.62 bits per heavy atom. The van der Waals surface area contributed by atoms with E-state index < -0.39 is 0 Å². The van der Waals surface area contributed by atoms with Crippen molar-refractivity contribution in [3.05, 3.63) is 23.4 Å². The molecule has 0 unspecified atom stereocenters. The Labute approximate surface area is 144 Å². The van der Waals surface area contributed by atoms with Crippen LogP contribution in [0.25, 0.3) is 0 Å². The van der Waals surface area contributed by atoms with Gasteiger partial charge in [0, 0.05) is 38.3 Å². The molecule has 1 saturated carbocycles. The number of rotatable bonds is 4. The predicted molar refractivity (Wildman–Crippen MR) is 93.7 cm³/mol. The van der Waals surface area contributed by atoms with Gasteiger partial charge in [-0.15, -0.1) is 0 Å². The van der Waals surface area contributed by atoms with Crippen molar-refractivity contribution >= 4 is 11.7 Å². The molecule has 1 aliphatic heterocycles. The maximum absolute atomic E-state index is 12.4. The highest BCUT2D eigenvalue weighted by Crippen LogP contribution is 2.29. The fourth-order valence-corrected chi connectivity index (χ4v) is 3.82. The summed E-state index contributed by atoms with van der Waals surface area (Å²) >= 11 is 0. The maximum atomic E-state index is 12.4. The highest BCUT2D eigenvalue weighted by atomic mass is 16.2. The van der Waals surface area contributed by atoms with E-state index in [1.54, 1.807) is 0 Å². The number of piperazine rings is 1. The average Bonchev–Trinajstić information content (AvgIpc) is 3.13. The Kier molecular flexibility index (Phi) is 5.34. The molecule has 5 heteroatoms. The molecule has 0 radical (unpaired) electrons. The molecule has 1 aliphatic carbocycles. The molecule has 0 bridgehead atoms. The van der Waals surface area contributed by atoms with Crippen LogP contribution in [0.4, 0.5) is 5.82 Å². The fraction of sp³-hybridized carbons (Fsp3) is 0.632. The monoisotopic (exact) mass is 326 g/mol. The number of hydrogen-bond donors (Lipinski definition) is 0. The molecule has 0 N–H and O–H groups in total. The molecule has 24 heavy (non-hydrogen) atoms. The molecule has 0 aromatic carbocycles. The third-order valence-corrected chi connectivity index (χ3v) is 5.31. The van der Waals surface area contributed by atoms with Gasteiger partial charge in [0.1, 0.15) is 11.9 Å². The van der Waals surface area contributed by atoms with Crippen molar-refractivity contribution in [1.82, 2.24) is 9.88 Å². The summed E-state index contributed by atoms with van der Waals surface area (Å²) in [6.45, 7) is 4.89. The highest BCUT2D eigenvalue weighted by molar-refractivity contribution is 5.76. The van der Waals surface area contributed by atoms with Crippen molar-refractivity contribution in [3.8, 4) is 6.07 Å². The second-order valence-corrected chi connectivity index (χ2v) is 6.99. The van der Waals surface area contributed by atoms with Crippen molar-refractivity contribution in [2.24, 2.45) is 5.92 Å². The number of hydrogen-bond acceptors (Lipinski definition) is 4. The van der Waals surface area contributed by atoms with Gasteiger partial charge in [0.15, 0.2) is 0 Å². The van der Waals surface area contributed by atoms with Crippen molar-refractivity contribution < 1.29 is 4.79 Å². The van der Waals surface area contributed by atoms with E-state index in [0.717, 1.165) is 50.0 Å². The number of amides is 1. The summed E-state index contributed by atoms with van der Waals surface area (Å²) in [5.41, 5.74) is 1.53. The minimum Gasteiger partial charge on any atom is -0.352 e. The number of nitriles is 1. The topological polar surface area (TPSA) is 60.2 Å². The van der Waals surface area contributed by atoms with Crippen LogP contribution in [0.3, 0.4) is 0 Å². The summed E-state index contributed by atoms with van der Waals surface area (Å²) in [5, 5.41) is 9.27. The Hall–Kier alpha value is -2.09. The van der Waals surface area contributed by atoms with Crippen molar-refractivity contribution in [2.75, 3.05) is 31.1 Å². The Bertz CT molecular complexity index is 623. The number of carbonyl (C=O) groups is 1. The molecular weight excluding hydrogens is 300 g/mol. The lowest BCUT2D eigenvalue weighted by Gasteiger charge is -2.36. The molecular formula is C19H26N4O. The van der Waals surface area contributed by atoms with Gasteiger partial charge in [0.25, 0.3) is 0 Å². The zero-order chi connectivity index (χ0) is 16.9. The van der Waals surface area contributed by atoms with Crippen LogP contribution in [0.2, 0.25) is 0 Å². The van der Waals surface area contributed by atoms with Crippen LogP contribution in [-0.4, -0.2) is 42.0 Å². The quantitative estimate of drug-likeness (QED) is 0.853. The van der Waals surface area contributed by atoms with Gasteiger partial charge < -0.3 is 9.80 Å². The van der Waals surface area contributed by atoms with Gasteiger partial charge in [-0.05, 0) is 31.4 Å². The van der Waals surface area contributed by atoms with Crippen molar-refractivity contribution in [1.29, 1.82) is 5.26 Å². The van der Waals surface area contributed by atoms with E-state index in [4.69, 9.17) is 0 Å². The molecule has 1 amide bonds. The molecule has 2 aliphatic rings. The molecule has 128 valence electrons. The van der Waals surface area contributed by atoms with E-state index in [1.807, 2.05) is 24.0 Å². The second kappa shape index (κ2) is 7.65. The Morgan fingerprint density at radius 1 is 1.25 bits per heavy atom. The van der Waals surface area contributed by atoms with E-state index in [9.17, 15) is 10.1 Å². The molecule has 5 nitrogen and oxygen atoms in total. The molecule has 2 fully saturated rings. The van der Waals surface area contributed by atoms with E-state index in [1.165, 1.54) is 25.7 Å². The summed E-state index contributed by atoms with van der Waals surface area (Å²) in [6.07, 6.45) is 7.02. The molecule has 1 saturated heterocycles. The third-order valence-electron chi connectivity index (χ3n) is 5.31. The van der Waals surface area contributed by atoms with Gasteiger partial charge in [0.2, 0.25) is 5.91 Å². The van der Waals surface area contributed by atoms with Crippen LogP contribution < -0.4 is 4.90 Å². The summed E-state index contributed by atoms with van der Waals surface area (Å²) in [5.74, 6) is 1.82. The van der Waals surface area contributed by atoms with E-state index >= 15 is 0 Å². The Morgan fingerprint density at radius 2 is 1.96 bits per heavy atom. The smallest absolute Gasteiger partial charge is 0.222 e. The number of carbonyl (C=O) groups excluding carboxylic acids is 1. The van der Waals surface area contributed by atoms with Gasteiger partial charge in [-0.1, -0.05) is 25.7 Å². The normalized spacial score (nSPS) is 18.7. The van der Waals surface area contributed by atoms with Crippen LogP contribution >= 0.6 is 0 Å². The summed E-state index contributed by atoms with van der Waals surface area (Å²) < 4.78 is 0. The predicted octanol–water partition coefficient (Wildman–Crippen LogP) is 2.88. The molecule has 1 aromatic rings. The number of aromatic nitrogens is 1. The van der Waals surface area contributed by atoms with Crippen LogP contribution in [0.1, 0.15) is 49.8 Å². The summed E-state index contributed by atoms with van der Waals surface area (Å²) in [6, 6.07) is 5.92. The third kappa shape index (κ3) is 3.87. The highest BCUT2D eigenvalue weighted by Gasteiger charge is 2.24. The first kappa shape index (κ1) is 16.8. The van der Waals surface area contributed by atoms with Crippen LogP contribution in [0, 0.1) is 24.2 Å². The maximum Gasteiger partial charge on any atom is 0.222 e. The zero-order valence-electron chi connectivity index (χ0n) is 14.5. The minimum atomic E-state index is 0.291. The van der Waals surface area contributed by atoms with E-state index in [-0.39, 0.29) is 0 Å². The average molecular weight is 326 g/mol.